The Hall–Kier alpha value is -2.66. The van der Waals surface area contributed by atoms with E-state index in [1.54, 1.807) is 4.90 Å². The number of halogens is 3. The third-order valence-electron chi connectivity index (χ3n) is 4.82. The zero-order chi connectivity index (χ0) is 21.0. The zero-order valence-electron chi connectivity index (χ0n) is 15.9. The van der Waals surface area contributed by atoms with E-state index >= 15 is 0 Å². The Morgan fingerprint density at radius 1 is 1.28 bits per heavy atom. The number of alkyl halides is 3. The van der Waals surface area contributed by atoms with Gasteiger partial charge in [0.1, 0.15) is 12.7 Å². The van der Waals surface area contributed by atoms with Gasteiger partial charge in [-0.15, -0.1) is 0 Å². The van der Waals surface area contributed by atoms with Gasteiger partial charge >= 0.3 is 12.2 Å². The molecule has 1 aromatic carbocycles. The molecule has 1 fully saturated rings. The summed E-state index contributed by atoms with van der Waals surface area (Å²) in [7, 11) is 0. The summed E-state index contributed by atoms with van der Waals surface area (Å²) in [4.78, 5) is 19.7. The van der Waals surface area contributed by atoms with Crippen LogP contribution in [0.2, 0.25) is 0 Å². The van der Waals surface area contributed by atoms with Gasteiger partial charge in [0, 0.05) is 38.4 Å². The molecule has 0 aliphatic carbocycles. The van der Waals surface area contributed by atoms with Crippen molar-refractivity contribution in [2.75, 3.05) is 38.0 Å². The van der Waals surface area contributed by atoms with Crippen molar-refractivity contribution in [1.82, 2.24) is 24.6 Å². The number of aliphatic hydroxyl groups excluding tert-OH is 1. The summed E-state index contributed by atoms with van der Waals surface area (Å²) in [5, 5.41) is 16.0. The highest BCUT2D eigenvalue weighted by Crippen LogP contribution is 2.35. The van der Waals surface area contributed by atoms with Crippen LogP contribution in [0.15, 0.2) is 30.9 Å². The molecule has 29 heavy (non-hydrogen) atoms. The van der Waals surface area contributed by atoms with Gasteiger partial charge in [-0.3, -0.25) is 4.90 Å². The van der Waals surface area contributed by atoms with Crippen LogP contribution < -0.4 is 5.32 Å². The molecule has 8 nitrogen and oxygen atoms in total. The maximum absolute atomic E-state index is 13.5. The highest BCUT2D eigenvalue weighted by Gasteiger charge is 2.35. The molecule has 0 radical (unpaired) electrons. The van der Waals surface area contributed by atoms with Crippen molar-refractivity contribution in [3.8, 4) is 5.69 Å². The molecular weight excluding hydrogens is 389 g/mol. The Morgan fingerprint density at radius 3 is 2.59 bits per heavy atom. The summed E-state index contributed by atoms with van der Waals surface area (Å²) in [5.74, 6) is 0. The zero-order valence-corrected chi connectivity index (χ0v) is 15.9. The highest BCUT2D eigenvalue weighted by atomic mass is 19.4. The van der Waals surface area contributed by atoms with E-state index in [1.807, 2.05) is 6.92 Å². The second-order valence-corrected chi connectivity index (χ2v) is 6.85. The van der Waals surface area contributed by atoms with E-state index in [2.05, 4.69) is 20.3 Å². The number of carbonyl (C=O) groups excluding carboxylic acids is 1. The predicted octanol–water partition coefficient (Wildman–Crippen LogP) is 2.21. The normalized spacial score (nSPS) is 16.7. The summed E-state index contributed by atoms with van der Waals surface area (Å²) < 4.78 is 41.5. The lowest BCUT2D eigenvalue weighted by Crippen LogP contribution is -2.51. The first kappa shape index (κ1) is 21.1. The van der Waals surface area contributed by atoms with E-state index in [9.17, 15) is 23.1 Å². The minimum absolute atomic E-state index is 0.0509. The molecule has 0 bridgehead atoms. The summed E-state index contributed by atoms with van der Waals surface area (Å²) >= 11 is 0. The van der Waals surface area contributed by atoms with Crippen LogP contribution in [0.1, 0.15) is 18.9 Å². The number of hydrogen-bond donors (Lipinski definition) is 2. The fourth-order valence-corrected chi connectivity index (χ4v) is 3.14. The molecule has 1 aliphatic rings. The van der Waals surface area contributed by atoms with Crippen LogP contribution in [0.5, 0.6) is 0 Å². The second-order valence-electron chi connectivity index (χ2n) is 6.85. The SMILES string of the molecule is CC[C@@H](O)CN1CCN(C(=O)Nc2ccc(-n3cncn3)c(C(F)(F)F)c2)CC1. The number of nitrogens with zero attached hydrogens (tertiary/aromatic N) is 5. The van der Waals surface area contributed by atoms with Gasteiger partial charge < -0.3 is 15.3 Å². The van der Waals surface area contributed by atoms with Crippen LogP contribution in [0.4, 0.5) is 23.7 Å². The Balaban J connectivity index is 1.67. The third kappa shape index (κ3) is 5.24. The summed E-state index contributed by atoms with van der Waals surface area (Å²) in [6, 6.07) is 3.08. The number of aromatic nitrogens is 3. The van der Waals surface area contributed by atoms with E-state index in [4.69, 9.17) is 0 Å². The van der Waals surface area contributed by atoms with Gasteiger partial charge in [0.25, 0.3) is 0 Å². The number of benzene rings is 1. The number of anilines is 1. The molecule has 1 atom stereocenters. The molecule has 0 unspecified atom stereocenters. The highest BCUT2D eigenvalue weighted by molar-refractivity contribution is 5.89. The number of aliphatic hydroxyl groups is 1. The lowest BCUT2D eigenvalue weighted by Gasteiger charge is -2.35. The number of rotatable bonds is 5. The van der Waals surface area contributed by atoms with Crippen molar-refractivity contribution in [3.63, 3.8) is 0 Å². The molecule has 1 aromatic heterocycles. The first-order valence-corrected chi connectivity index (χ1v) is 9.30. The molecule has 2 amide bonds. The van der Waals surface area contributed by atoms with Gasteiger partial charge in [0.15, 0.2) is 0 Å². The van der Waals surface area contributed by atoms with E-state index in [0.717, 1.165) is 17.1 Å². The van der Waals surface area contributed by atoms with Gasteiger partial charge in [-0.2, -0.15) is 18.3 Å². The molecule has 1 aliphatic heterocycles. The maximum atomic E-state index is 13.5. The van der Waals surface area contributed by atoms with Crippen LogP contribution in [-0.2, 0) is 6.18 Å². The van der Waals surface area contributed by atoms with E-state index < -0.39 is 23.9 Å². The van der Waals surface area contributed by atoms with Crippen molar-refractivity contribution in [2.45, 2.75) is 25.6 Å². The summed E-state index contributed by atoms with van der Waals surface area (Å²) in [5.41, 5.74) is -1.04. The fourth-order valence-electron chi connectivity index (χ4n) is 3.14. The summed E-state index contributed by atoms with van der Waals surface area (Å²) in [6.45, 7) is 4.52. The average molecular weight is 412 g/mol. The molecule has 2 aromatic rings. The molecule has 1 saturated heterocycles. The molecule has 11 heteroatoms. The number of piperazine rings is 1. The number of hydrogen-bond acceptors (Lipinski definition) is 5. The fraction of sp³-hybridized carbons (Fsp3) is 0.500. The molecule has 0 saturated carbocycles. The molecule has 3 rings (SSSR count). The van der Waals surface area contributed by atoms with Crippen LogP contribution in [-0.4, -0.2) is 74.5 Å². The Kier molecular flexibility index (Phi) is 6.38. The quantitative estimate of drug-likeness (QED) is 0.787. The van der Waals surface area contributed by atoms with Gasteiger partial charge in [-0.25, -0.2) is 14.5 Å². The molecule has 158 valence electrons. The Labute approximate surface area is 165 Å². The maximum Gasteiger partial charge on any atom is 0.418 e. The van der Waals surface area contributed by atoms with Crippen LogP contribution >= 0.6 is 0 Å². The summed E-state index contributed by atoms with van der Waals surface area (Å²) in [6.07, 6.45) is -2.03. The number of carbonyl (C=O) groups is 1. The smallest absolute Gasteiger partial charge is 0.392 e. The van der Waals surface area contributed by atoms with Gasteiger partial charge in [0.2, 0.25) is 0 Å². The first-order chi connectivity index (χ1) is 13.8. The van der Waals surface area contributed by atoms with Crippen molar-refractivity contribution < 1.29 is 23.1 Å². The first-order valence-electron chi connectivity index (χ1n) is 9.30. The topological polar surface area (TPSA) is 86.5 Å². The average Bonchev–Trinajstić information content (AvgIpc) is 3.22. The Bertz CT molecular complexity index is 819. The van der Waals surface area contributed by atoms with Crippen molar-refractivity contribution in [2.24, 2.45) is 0 Å². The van der Waals surface area contributed by atoms with Crippen molar-refractivity contribution in [1.29, 1.82) is 0 Å². The second kappa shape index (κ2) is 8.78. The molecule has 0 spiro atoms. The largest absolute Gasteiger partial charge is 0.418 e. The third-order valence-corrected chi connectivity index (χ3v) is 4.82. The predicted molar refractivity (Wildman–Crippen MR) is 99.7 cm³/mol. The standard InChI is InChI=1S/C18H23F3N6O2/c1-2-14(28)10-25-5-7-26(8-6-25)17(29)24-13-3-4-16(27-12-22-11-23-27)15(9-13)18(19,20)21/h3-4,9,11-12,14,28H,2,5-8,10H2,1H3,(H,24,29)/t14-/m1/s1. The number of urea groups is 1. The minimum Gasteiger partial charge on any atom is -0.392 e. The van der Waals surface area contributed by atoms with Gasteiger partial charge in [0.05, 0.1) is 17.4 Å². The van der Waals surface area contributed by atoms with Gasteiger partial charge in [-0.05, 0) is 24.6 Å². The van der Waals surface area contributed by atoms with Crippen molar-refractivity contribution >= 4 is 11.7 Å². The van der Waals surface area contributed by atoms with E-state index in [0.29, 0.717) is 39.1 Å². The lowest BCUT2D eigenvalue weighted by molar-refractivity contribution is -0.137. The number of amides is 2. The molecule has 2 N–H and O–H groups in total. The number of nitrogens with one attached hydrogen (secondary N) is 1. The van der Waals surface area contributed by atoms with Crippen molar-refractivity contribution in [3.05, 3.63) is 36.4 Å². The van der Waals surface area contributed by atoms with E-state index in [1.165, 1.54) is 18.5 Å². The van der Waals surface area contributed by atoms with E-state index in [-0.39, 0.29) is 11.4 Å². The monoisotopic (exact) mass is 412 g/mol. The van der Waals surface area contributed by atoms with Crippen LogP contribution in [0, 0.1) is 0 Å². The van der Waals surface area contributed by atoms with Crippen LogP contribution in [0.25, 0.3) is 5.69 Å². The number of β-amino-alcohol motifs (C(OH)–C–C–N with tert-alkyl or cyclic N) is 1. The molecule has 2 heterocycles. The Morgan fingerprint density at radius 2 is 2.00 bits per heavy atom. The van der Waals surface area contributed by atoms with Crippen LogP contribution in [0.3, 0.4) is 0 Å². The lowest BCUT2D eigenvalue weighted by atomic mass is 10.1. The molecular formula is C18H23F3N6O2. The van der Waals surface area contributed by atoms with Gasteiger partial charge in [-0.1, -0.05) is 6.92 Å². The minimum atomic E-state index is -4.62.